The number of amides is 1. The number of fused-ring (bicyclic) bond motifs is 1. The van der Waals surface area contributed by atoms with Crippen molar-refractivity contribution in [3.8, 4) is 5.75 Å². The van der Waals surface area contributed by atoms with Crippen molar-refractivity contribution in [1.82, 2.24) is 18.9 Å². The standard InChI is InChI=1S/C24H25N5O4/c1-4-29-22-21(16(2)26-29)27(15-20(30)25-18-10-12-19(33-3)13-11-18)24(32)28(23(22)31)14-17-8-6-5-7-9-17/h5-13H,4,14-15H2,1-3H3,(H,25,30). The van der Waals surface area contributed by atoms with Crippen LogP contribution in [0.3, 0.4) is 0 Å². The summed E-state index contributed by atoms with van der Waals surface area (Å²) in [5, 5.41) is 7.22. The van der Waals surface area contributed by atoms with Gasteiger partial charge in [-0.05, 0) is 43.7 Å². The second kappa shape index (κ2) is 9.15. The van der Waals surface area contributed by atoms with E-state index in [1.165, 1.54) is 4.57 Å². The van der Waals surface area contributed by atoms with Crippen molar-refractivity contribution in [2.45, 2.75) is 33.5 Å². The van der Waals surface area contributed by atoms with Crippen molar-refractivity contribution >= 4 is 22.6 Å². The first-order chi connectivity index (χ1) is 15.9. The van der Waals surface area contributed by atoms with Crippen LogP contribution in [-0.2, 0) is 24.4 Å². The van der Waals surface area contributed by atoms with Gasteiger partial charge in [-0.15, -0.1) is 0 Å². The molecule has 0 spiro atoms. The van der Waals surface area contributed by atoms with Crippen LogP contribution in [0.5, 0.6) is 5.75 Å². The maximum Gasteiger partial charge on any atom is 0.332 e. The first kappa shape index (κ1) is 22.1. The van der Waals surface area contributed by atoms with Crippen LogP contribution >= 0.6 is 0 Å². The largest absolute Gasteiger partial charge is 0.497 e. The van der Waals surface area contributed by atoms with Crippen molar-refractivity contribution in [1.29, 1.82) is 0 Å². The molecule has 0 fully saturated rings. The van der Waals surface area contributed by atoms with Gasteiger partial charge in [0.1, 0.15) is 17.8 Å². The highest BCUT2D eigenvalue weighted by molar-refractivity contribution is 5.91. The van der Waals surface area contributed by atoms with Gasteiger partial charge in [0, 0.05) is 12.2 Å². The molecule has 0 atom stereocenters. The number of ether oxygens (including phenoxy) is 1. The summed E-state index contributed by atoms with van der Waals surface area (Å²) in [5.41, 5.74) is 1.61. The molecule has 9 nitrogen and oxygen atoms in total. The van der Waals surface area contributed by atoms with Crippen LogP contribution in [0, 0.1) is 6.92 Å². The molecule has 0 unspecified atom stereocenters. The van der Waals surface area contributed by atoms with Crippen molar-refractivity contribution in [2.24, 2.45) is 0 Å². The zero-order valence-corrected chi connectivity index (χ0v) is 18.7. The highest BCUT2D eigenvalue weighted by Crippen LogP contribution is 2.16. The predicted octanol–water partition coefficient (Wildman–Crippen LogP) is 2.38. The SMILES string of the molecule is CCn1nc(C)c2c1c(=O)n(Cc1ccccc1)c(=O)n2CC(=O)Nc1ccc(OC)cc1. The van der Waals surface area contributed by atoms with Crippen LogP contribution in [0.1, 0.15) is 18.2 Å². The first-order valence-corrected chi connectivity index (χ1v) is 10.6. The van der Waals surface area contributed by atoms with Crippen LogP contribution in [-0.4, -0.2) is 31.9 Å². The molecule has 0 saturated heterocycles. The van der Waals surface area contributed by atoms with E-state index >= 15 is 0 Å². The number of nitrogens with zero attached hydrogens (tertiary/aromatic N) is 4. The van der Waals surface area contributed by atoms with Crippen LogP contribution < -0.4 is 21.3 Å². The second-order valence-corrected chi connectivity index (χ2v) is 7.62. The molecule has 9 heteroatoms. The van der Waals surface area contributed by atoms with E-state index in [1.807, 2.05) is 37.3 Å². The minimum absolute atomic E-state index is 0.0997. The molecule has 4 rings (SSSR count). The van der Waals surface area contributed by atoms with E-state index < -0.39 is 17.2 Å². The van der Waals surface area contributed by atoms with E-state index in [2.05, 4.69) is 10.4 Å². The Morgan fingerprint density at radius 1 is 1.00 bits per heavy atom. The summed E-state index contributed by atoms with van der Waals surface area (Å²) < 4.78 is 9.19. The molecular weight excluding hydrogens is 422 g/mol. The number of aryl methyl sites for hydroxylation is 2. The molecule has 170 valence electrons. The van der Waals surface area contributed by atoms with Gasteiger partial charge in [-0.1, -0.05) is 30.3 Å². The number of hydrogen-bond acceptors (Lipinski definition) is 5. The number of hydrogen-bond donors (Lipinski definition) is 1. The molecule has 0 aliphatic rings. The second-order valence-electron chi connectivity index (χ2n) is 7.62. The molecule has 0 aliphatic heterocycles. The molecule has 2 heterocycles. The zero-order chi connectivity index (χ0) is 23.5. The van der Waals surface area contributed by atoms with E-state index in [0.717, 1.165) is 10.1 Å². The van der Waals surface area contributed by atoms with Gasteiger partial charge in [-0.25, -0.2) is 4.79 Å². The summed E-state index contributed by atoms with van der Waals surface area (Å²) in [6, 6.07) is 16.1. The Bertz CT molecular complexity index is 1420. The molecule has 0 bridgehead atoms. The number of nitrogens with one attached hydrogen (secondary N) is 1. The van der Waals surface area contributed by atoms with Crippen LogP contribution in [0.15, 0.2) is 64.2 Å². The van der Waals surface area contributed by atoms with Gasteiger partial charge >= 0.3 is 5.69 Å². The molecule has 1 amide bonds. The van der Waals surface area contributed by atoms with Crippen LogP contribution in [0.25, 0.3) is 11.0 Å². The smallest absolute Gasteiger partial charge is 0.332 e. The van der Waals surface area contributed by atoms with E-state index in [9.17, 15) is 14.4 Å². The number of aromatic nitrogens is 4. The topological polar surface area (TPSA) is 100 Å². The summed E-state index contributed by atoms with van der Waals surface area (Å²) in [6.45, 7) is 3.90. The number of anilines is 1. The van der Waals surface area contributed by atoms with E-state index in [0.29, 0.717) is 34.7 Å². The summed E-state index contributed by atoms with van der Waals surface area (Å²) in [4.78, 5) is 39.6. The summed E-state index contributed by atoms with van der Waals surface area (Å²) >= 11 is 0. The van der Waals surface area contributed by atoms with Gasteiger partial charge < -0.3 is 10.1 Å². The minimum Gasteiger partial charge on any atom is -0.497 e. The number of carbonyl (C=O) groups is 1. The van der Waals surface area contributed by atoms with Gasteiger partial charge in [0.05, 0.1) is 19.3 Å². The highest BCUT2D eigenvalue weighted by atomic mass is 16.5. The van der Waals surface area contributed by atoms with Gasteiger partial charge in [0.2, 0.25) is 5.91 Å². The van der Waals surface area contributed by atoms with Crippen molar-refractivity contribution < 1.29 is 9.53 Å². The fraction of sp³-hybridized carbons (Fsp3) is 0.250. The van der Waals surface area contributed by atoms with Crippen molar-refractivity contribution in [3.05, 3.63) is 86.7 Å². The predicted molar refractivity (Wildman–Crippen MR) is 126 cm³/mol. The number of methoxy groups -OCH3 is 1. The lowest BCUT2D eigenvalue weighted by atomic mass is 10.2. The van der Waals surface area contributed by atoms with Crippen LogP contribution in [0.4, 0.5) is 5.69 Å². The Morgan fingerprint density at radius 3 is 2.33 bits per heavy atom. The maximum atomic E-state index is 13.4. The number of benzene rings is 2. The minimum atomic E-state index is -0.556. The van der Waals surface area contributed by atoms with E-state index in [1.54, 1.807) is 43.0 Å². The van der Waals surface area contributed by atoms with Gasteiger partial charge in [-0.3, -0.25) is 23.4 Å². The molecular formula is C24H25N5O4. The fourth-order valence-corrected chi connectivity index (χ4v) is 3.86. The molecule has 0 aliphatic carbocycles. The molecule has 33 heavy (non-hydrogen) atoms. The van der Waals surface area contributed by atoms with E-state index in [4.69, 9.17) is 4.74 Å². The summed E-state index contributed by atoms with van der Waals surface area (Å²) in [7, 11) is 1.56. The Hall–Kier alpha value is -4.14. The van der Waals surface area contributed by atoms with Crippen LogP contribution in [0.2, 0.25) is 0 Å². The van der Waals surface area contributed by atoms with Gasteiger partial charge in [-0.2, -0.15) is 5.10 Å². The number of rotatable bonds is 7. The molecule has 0 radical (unpaired) electrons. The first-order valence-electron chi connectivity index (χ1n) is 10.6. The lowest BCUT2D eigenvalue weighted by Gasteiger charge is -2.13. The summed E-state index contributed by atoms with van der Waals surface area (Å²) in [5.74, 6) is 0.277. The lowest BCUT2D eigenvalue weighted by molar-refractivity contribution is -0.116. The van der Waals surface area contributed by atoms with Gasteiger partial charge in [0.15, 0.2) is 5.52 Å². The monoisotopic (exact) mass is 447 g/mol. The van der Waals surface area contributed by atoms with Crippen molar-refractivity contribution in [2.75, 3.05) is 12.4 Å². The third-order valence-electron chi connectivity index (χ3n) is 5.43. The Labute approximate surface area is 189 Å². The van der Waals surface area contributed by atoms with E-state index in [-0.39, 0.29) is 13.1 Å². The normalized spacial score (nSPS) is 11.0. The van der Waals surface area contributed by atoms with Gasteiger partial charge in [0.25, 0.3) is 5.56 Å². The Balaban J connectivity index is 1.78. The summed E-state index contributed by atoms with van der Waals surface area (Å²) in [6.07, 6.45) is 0. The molecule has 0 saturated carbocycles. The van der Waals surface area contributed by atoms with Crippen molar-refractivity contribution in [3.63, 3.8) is 0 Å². The maximum absolute atomic E-state index is 13.4. The molecule has 2 aromatic carbocycles. The zero-order valence-electron chi connectivity index (χ0n) is 18.7. The quantitative estimate of drug-likeness (QED) is 0.469. The lowest BCUT2D eigenvalue weighted by Crippen LogP contribution is -2.42. The molecule has 4 aromatic rings. The highest BCUT2D eigenvalue weighted by Gasteiger charge is 2.21. The average molecular weight is 447 g/mol. The third kappa shape index (κ3) is 4.30. The Morgan fingerprint density at radius 2 is 1.70 bits per heavy atom. The fourth-order valence-electron chi connectivity index (χ4n) is 3.86. The molecule has 2 aromatic heterocycles. The number of carbonyl (C=O) groups excluding carboxylic acids is 1. The Kier molecular flexibility index (Phi) is 6.12. The molecule has 1 N–H and O–H groups in total. The third-order valence-corrected chi connectivity index (χ3v) is 5.43. The average Bonchev–Trinajstić information content (AvgIpc) is 3.17.